The number of aromatic nitrogens is 1. The highest BCUT2D eigenvalue weighted by Crippen LogP contribution is 2.28. The van der Waals surface area contributed by atoms with E-state index in [0.717, 1.165) is 32.1 Å². The molecule has 0 radical (unpaired) electrons. The normalized spacial score (nSPS) is 26.1. The van der Waals surface area contributed by atoms with Crippen LogP contribution in [-0.4, -0.2) is 57.0 Å². The SMILES string of the molecule is NS(=O)(=O)c1cnc(OCC2CCN(C3COC3F)CC2)c(Cl)c1. The lowest BCUT2D eigenvalue weighted by atomic mass is 9.96. The lowest BCUT2D eigenvalue weighted by Gasteiger charge is -2.43. The maximum absolute atomic E-state index is 13.2. The number of nitrogens with two attached hydrogens (primary N) is 1. The van der Waals surface area contributed by atoms with E-state index < -0.39 is 16.4 Å². The van der Waals surface area contributed by atoms with Crippen molar-refractivity contribution in [2.45, 2.75) is 30.1 Å². The van der Waals surface area contributed by atoms with Gasteiger partial charge in [-0.3, -0.25) is 4.90 Å². The minimum absolute atomic E-state index is 0.103. The van der Waals surface area contributed by atoms with Crippen molar-refractivity contribution in [2.75, 3.05) is 26.3 Å². The summed E-state index contributed by atoms with van der Waals surface area (Å²) < 4.78 is 46.1. The third kappa shape index (κ3) is 3.97. The summed E-state index contributed by atoms with van der Waals surface area (Å²) in [5, 5.41) is 5.13. The molecule has 2 fully saturated rings. The van der Waals surface area contributed by atoms with Crippen LogP contribution in [0.5, 0.6) is 5.88 Å². The molecule has 2 aliphatic rings. The number of rotatable bonds is 5. The second-order valence-electron chi connectivity index (χ2n) is 6.05. The van der Waals surface area contributed by atoms with Crippen molar-refractivity contribution in [3.8, 4) is 5.88 Å². The predicted octanol–water partition coefficient (Wildman–Crippen LogP) is 1.17. The summed E-state index contributed by atoms with van der Waals surface area (Å²) in [6.07, 6.45) is 1.72. The zero-order valence-electron chi connectivity index (χ0n) is 12.9. The summed E-state index contributed by atoms with van der Waals surface area (Å²) in [5.74, 6) is 0.499. The maximum Gasteiger partial charge on any atom is 0.239 e. The van der Waals surface area contributed by atoms with Gasteiger partial charge in [-0.1, -0.05) is 11.6 Å². The Morgan fingerprint density at radius 3 is 2.67 bits per heavy atom. The first-order valence-corrected chi connectivity index (χ1v) is 9.58. The third-order valence-corrected chi connectivity index (χ3v) is 5.56. The number of primary sulfonamides is 1. The molecule has 0 bridgehead atoms. The number of nitrogens with zero attached hydrogens (tertiary/aromatic N) is 2. The summed E-state index contributed by atoms with van der Waals surface area (Å²) in [6, 6.07) is 1.11. The van der Waals surface area contributed by atoms with Gasteiger partial charge < -0.3 is 9.47 Å². The monoisotopic (exact) mass is 379 g/mol. The van der Waals surface area contributed by atoms with Crippen molar-refractivity contribution in [1.82, 2.24) is 9.88 Å². The fourth-order valence-corrected chi connectivity index (χ4v) is 3.61. The minimum Gasteiger partial charge on any atom is -0.476 e. The Hall–Kier alpha value is -1.00. The van der Waals surface area contributed by atoms with Crippen LogP contribution < -0.4 is 9.88 Å². The van der Waals surface area contributed by atoms with Crippen molar-refractivity contribution in [2.24, 2.45) is 11.1 Å². The van der Waals surface area contributed by atoms with Gasteiger partial charge in [0, 0.05) is 0 Å². The molecule has 2 atom stereocenters. The Kier molecular flexibility index (Phi) is 5.26. The summed E-state index contributed by atoms with van der Waals surface area (Å²) in [7, 11) is -3.84. The van der Waals surface area contributed by atoms with Crippen molar-refractivity contribution >= 4 is 21.6 Å². The van der Waals surface area contributed by atoms with E-state index in [4.69, 9.17) is 26.2 Å². The first-order chi connectivity index (χ1) is 11.3. The molecule has 0 saturated carbocycles. The van der Waals surface area contributed by atoms with Crippen LogP contribution in [0.3, 0.4) is 0 Å². The highest BCUT2D eigenvalue weighted by atomic mass is 35.5. The number of alkyl halides is 1. The molecular formula is C14H19ClFN3O4S. The molecule has 24 heavy (non-hydrogen) atoms. The van der Waals surface area contributed by atoms with Gasteiger partial charge in [0.05, 0.1) is 25.5 Å². The van der Waals surface area contributed by atoms with E-state index in [2.05, 4.69) is 9.88 Å². The van der Waals surface area contributed by atoms with Gasteiger partial charge in [-0.2, -0.15) is 0 Å². The van der Waals surface area contributed by atoms with E-state index in [1.165, 1.54) is 6.07 Å². The van der Waals surface area contributed by atoms with Crippen LogP contribution in [0.2, 0.25) is 5.02 Å². The van der Waals surface area contributed by atoms with Crippen molar-refractivity contribution in [1.29, 1.82) is 0 Å². The molecule has 134 valence electrons. The Balaban J connectivity index is 1.50. The number of hydrogen-bond acceptors (Lipinski definition) is 6. The van der Waals surface area contributed by atoms with Gasteiger partial charge in [-0.05, 0) is 37.9 Å². The van der Waals surface area contributed by atoms with E-state index in [9.17, 15) is 12.8 Å². The third-order valence-electron chi connectivity index (χ3n) is 4.41. The Morgan fingerprint density at radius 2 is 2.17 bits per heavy atom. The van der Waals surface area contributed by atoms with Crippen molar-refractivity contribution in [3.05, 3.63) is 17.3 Å². The highest BCUT2D eigenvalue weighted by Gasteiger charge is 2.38. The maximum atomic E-state index is 13.2. The number of pyridine rings is 1. The van der Waals surface area contributed by atoms with Crippen molar-refractivity contribution in [3.63, 3.8) is 0 Å². The molecule has 10 heteroatoms. The summed E-state index contributed by atoms with van der Waals surface area (Å²) in [5.41, 5.74) is 0. The van der Waals surface area contributed by atoms with E-state index in [-0.39, 0.29) is 21.8 Å². The van der Waals surface area contributed by atoms with E-state index >= 15 is 0 Å². The lowest BCUT2D eigenvalue weighted by Crippen LogP contribution is -2.56. The Bertz CT molecular complexity index is 697. The van der Waals surface area contributed by atoms with Gasteiger partial charge in [0.1, 0.15) is 9.92 Å². The summed E-state index contributed by atoms with van der Waals surface area (Å²) in [6.45, 7) is 2.48. The fraction of sp³-hybridized carbons (Fsp3) is 0.643. The molecule has 0 spiro atoms. The molecule has 0 aromatic carbocycles. The molecule has 2 saturated heterocycles. The fourth-order valence-electron chi connectivity index (χ4n) is 2.84. The molecule has 1 aromatic heterocycles. The number of ether oxygens (including phenoxy) is 2. The Morgan fingerprint density at radius 1 is 1.46 bits per heavy atom. The summed E-state index contributed by atoms with van der Waals surface area (Å²) in [4.78, 5) is 5.87. The molecule has 2 unspecified atom stereocenters. The van der Waals surface area contributed by atoms with Crippen LogP contribution >= 0.6 is 11.6 Å². The molecule has 7 nitrogen and oxygen atoms in total. The summed E-state index contributed by atoms with van der Waals surface area (Å²) >= 11 is 5.99. The van der Waals surface area contributed by atoms with Crippen LogP contribution in [0.15, 0.2) is 17.2 Å². The van der Waals surface area contributed by atoms with Gasteiger partial charge in [0.15, 0.2) is 0 Å². The second-order valence-corrected chi connectivity index (χ2v) is 8.01. The van der Waals surface area contributed by atoms with Gasteiger partial charge in [0.2, 0.25) is 22.3 Å². The van der Waals surface area contributed by atoms with Crippen LogP contribution in [0.25, 0.3) is 0 Å². The first-order valence-electron chi connectivity index (χ1n) is 7.65. The van der Waals surface area contributed by atoms with Crippen molar-refractivity contribution < 1.29 is 22.3 Å². The largest absolute Gasteiger partial charge is 0.476 e. The minimum atomic E-state index is -3.84. The van der Waals surface area contributed by atoms with Crippen LogP contribution in [0.1, 0.15) is 12.8 Å². The standard InChI is InChI=1S/C14H19ClFN3O4S/c15-11-5-10(24(17,20)21)6-18-14(11)23-7-9-1-3-19(4-2-9)12-8-22-13(12)16/h5-6,9,12-13H,1-4,7-8H2,(H2,17,20,21). The number of likely N-dealkylation sites (tertiary alicyclic amines) is 1. The molecule has 2 aliphatic heterocycles. The number of sulfonamides is 1. The first kappa shape index (κ1) is 17.8. The topological polar surface area (TPSA) is 94.8 Å². The average Bonchev–Trinajstić information content (AvgIpc) is 2.52. The molecule has 0 aliphatic carbocycles. The van der Waals surface area contributed by atoms with Crippen LogP contribution in [-0.2, 0) is 14.8 Å². The number of halogens is 2. The van der Waals surface area contributed by atoms with Gasteiger partial charge in [-0.25, -0.2) is 22.9 Å². The number of hydrogen-bond donors (Lipinski definition) is 1. The molecule has 0 amide bonds. The second kappa shape index (κ2) is 7.09. The molecule has 3 rings (SSSR count). The Labute approximate surface area is 144 Å². The molecule has 2 N–H and O–H groups in total. The zero-order valence-corrected chi connectivity index (χ0v) is 14.5. The van der Waals surface area contributed by atoms with Crippen LogP contribution in [0, 0.1) is 5.92 Å². The van der Waals surface area contributed by atoms with Gasteiger partial charge in [-0.15, -0.1) is 0 Å². The number of piperidine rings is 1. The molecule has 3 heterocycles. The van der Waals surface area contributed by atoms with Gasteiger partial charge >= 0.3 is 0 Å². The van der Waals surface area contributed by atoms with E-state index in [1.807, 2.05) is 0 Å². The smallest absolute Gasteiger partial charge is 0.239 e. The average molecular weight is 380 g/mol. The lowest BCUT2D eigenvalue weighted by molar-refractivity contribution is -0.202. The van der Waals surface area contributed by atoms with Gasteiger partial charge in [0.25, 0.3) is 0 Å². The van der Waals surface area contributed by atoms with E-state index in [0.29, 0.717) is 19.1 Å². The van der Waals surface area contributed by atoms with E-state index in [1.54, 1.807) is 0 Å². The quantitative estimate of drug-likeness (QED) is 0.825. The molecule has 1 aromatic rings. The zero-order chi connectivity index (χ0) is 17.3. The predicted molar refractivity (Wildman–Crippen MR) is 85.0 cm³/mol. The van der Waals surface area contributed by atoms with Crippen LogP contribution in [0.4, 0.5) is 4.39 Å². The highest BCUT2D eigenvalue weighted by molar-refractivity contribution is 7.89. The molecular weight excluding hydrogens is 361 g/mol.